The Morgan fingerprint density at radius 3 is 2.22 bits per heavy atom. The molecule has 0 aromatic heterocycles. The molecule has 0 atom stereocenters. The van der Waals surface area contributed by atoms with Crippen molar-refractivity contribution in [3.05, 3.63) is 35.9 Å². The average Bonchev–Trinajstić information content (AvgIpc) is 2.52. The maximum atomic E-state index is 11.8. The van der Waals surface area contributed by atoms with Crippen molar-refractivity contribution in [2.24, 2.45) is 5.92 Å². The van der Waals surface area contributed by atoms with Crippen molar-refractivity contribution in [3.8, 4) is 5.75 Å². The molecule has 0 saturated heterocycles. The monoisotopic (exact) mass is 316 g/mol. The standard InChI is InChI=1S/C20H28O3/c1-20(2,3)23-17-12-10-16(11-13-17)18(14-19(21)22-4)15-8-6-5-7-9-15/h10-15H,5-9H2,1-4H3. The van der Waals surface area contributed by atoms with Crippen LogP contribution < -0.4 is 4.74 Å². The molecule has 0 N–H and O–H groups in total. The average molecular weight is 316 g/mol. The summed E-state index contributed by atoms with van der Waals surface area (Å²) in [6.45, 7) is 6.10. The number of carbonyl (C=O) groups excluding carboxylic acids is 1. The highest BCUT2D eigenvalue weighted by Crippen LogP contribution is 2.36. The van der Waals surface area contributed by atoms with Crippen LogP contribution in [-0.2, 0) is 9.53 Å². The predicted octanol–water partition coefficient (Wildman–Crippen LogP) is 5.00. The molecule has 3 heteroatoms. The zero-order valence-corrected chi connectivity index (χ0v) is 14.7. The lowest BCUT2D eigenvalue weighted by Crippen LogP contribution is -2.22. The molecular weight excluding hydrogens is 288 g/mol. The number of ether oxygens (including phenoxy) is 2. The Balaban J connectivity index is 2.24. The lowest BCUT2D eigenvalue weighted by molar-refractivity contribution is -0.134. The van der Waals surface area contributed by atoms with E-state index in [1.54, 1.807) is 6.08 Å². The van der Waals surface area contributed by atoms with Crippen LogP contribution in [0.1, 0.15) is 58.4 Å². The fourth-order valence-corrected chi connectivity index (χ4v) is 3.11. The lowest BCUT2D eigenvalue weighted by atomic mass is 9.81. The number of carbonyl (C=O) groups is 1. The van der Waals surface area contributed by atoms with Gasteiger partial charge in [0.2, 0.25) is 0 Å². The molecule has 1 aromatic rings. The van der Waals surface area contributed by atoms with Crippen LogP contribution in [0.2, 0.25) is 0 Å². The molecule has 0 radical (unpaired) electrons. The third-order valence-electron chi connectivity index (χ3n) is 4.13. The van der Waals surface area contributed by atoms with E-state index < -0.39 is 0 Å². The van der Waals surface area contributed by atoms with E-state index in [0.717, 1.165) is 29.7 Å². The number of rotatable bonds is 4. The van der Waals surface area contributed by atoms with Crippen molar-refractivity contribution in [3.63, 3.8) is 0 Å². The molecule has 3 nitrogen and oxygen atoms in total. The Morgan fingerprint density at radius 2 is 1.70 bits per heavy atom. The Hall–Kier alpha value is -1.77. The number of benzene rings is 1. The highest BCUT2D eigenvalue weighted by atomic mass is 16.5. The zero-order valence-electron chi connectivity index (χ0n) is 14.7. The molecule has 0 amide bonds. The maximum absolute atomic E-state index is 11.8. The SMILES string of the molecule is COC(=O)C=C(c1ccc(OC(C)(C)C)cc1)C1CCCCC1. The molecule has 1 saturated carbocycles. The molecule has 0 unspecified atom stereocenters. The molecule has 23 heavy (non-hydrogen) atoms. The maximum Gasteiger partial charge on any atom is 0.330 e. The van der Waals surface area contributed by atoms with Gasteiger partial charge in [-0.25, -0.2) is 4.79 Å². The van der Waals surface area contributed by atoms with Crippen LogP contribution in [0.5, 0.6) is 5.75 Å². The Labute approximate surface area is 139 Å². The van der Waals surface area contributed by atoms with Gasteiger partial charge >= 0.3 is 5.97 Å². The Morgan fingerprint density at radius 1 is 1.09 bits per heavy atom. The summed E-state index contributed by atoms with van der Waals surface area (Å²) in [6.07, 6.45) is 7.70. The second kappa shape index (κ2) is 7.67. The molecule has 1 aliphatic carbocycles. The van der Waals surface area contributed by atoms with Crippen LogP contribution >= 0.6 is 0 Å². The Bertz CT molecular complexity index is 543. The summed E-state index contributed by atoms with van der Waals surface area (Å²) in [7, 11) is 1.43. The van der Waals surface area contributed by atoms with E-state index in [9.17, 15) is 4.79 Å². The largest absolute Gasteiger partial charge is 0.488 e. The minimum Gasteiger partial charge on any atom is -0.488 e. The van der Waals surface area contributed by atoms with Crippen molar-refractivity contribution in [1.29, 1.82) is 0 Å². The third kappa shape index (κ3) is 5.42. The summed E-state index contributed by atoms with van der Waals surface area (Å²) in [5.41, 5.74) is 1.97. The first-order valence-electron chi connectivity index (χ1n) is 8.48. The highest BCUT2D eigenvalue weighted by molar-refractivity contribution is 5.91. The Kier molecular flexibility index (Phi) is 5.86. The van der Waals surface area contributed by atoms with E-state index in [2.05, 4.69) is 0 Å². The van der Waals surface area contributed by atoms with Gasteiger partial charge in [-0.2, -0.15) is 0 Å². The number of methoxy groups -OCH3 is 1. The normalized spacial score (nSPS) is 17.0. The van der Waals surface area contributed by atoms with E-state index in [1.807, 2.05) is 45.0 Å². The summed E-state index contributed by atoms with van der Waals surface area (Å²) in [6, 6.07) is 8.05. The lowest BCUT2D eigenvalue weighted by Gasteiger charge is -2.25. The molecular formula is C20H28O3. The van der Waals surface area contributed by atoms with Crippen LogP contribution in [0.25, 0.3) is 5.57 Å². The molecule has 1 aromatic carbocycles. The zero-order chi connectivity index (χ0) is 16.9. The predicted molar refractivity (Wildman–Crippen MR) is 93.4 cm³/mol. The van der Waals surface area contributed by atoms with Gasteiger partial charge in [-0.1, -0.05) is 31.4 Å². The quantitative estimate of drug-likeness (QED) is 0.579. The van der Waals surface area contributed by atoms with Gasteiger partial charge in [-0.15, -0.1) is 0 Å². The molecule has 0 heterocycles. The van der Waals surface area contributed by atoms with Crippen molar-refractivity contribution in [2.45, 2.75) is 58.5 Å². The molecule has 126 valence electrons. The molecule has 0 bridgehead atoms. The molecule has 1 aliphatic rings. The van der Waals surface area contributed by atoms with Crippen molar-refractivity contribution in [1.82, 2.24) is 0 Å². The number of allylic oxidation sites excluding steroid dienone is 1. The van der Waals surface area contributed by atoms with E-state index in [-0.39, 0.29) is 11.6 Å². The van der Waals surface area contributed by atoms with Gasteiger partial charge in [0.05, 0.1) is 7.11 Å². The first kappa shape index (κ1) is 17.6. The smallest absolute Gasteiger partial charge is 0.330 e. The highest BCUT2D eigenvalue weighted by Gasteiger charge is 2.21. The second-order valence-corrected chi connectivity index (χ2v) is 7.20. The van der Waals surface area contributed by atoms with Crippen LogP contribution in [0.15, 0.2) is 30.3 Å². The van der Waals surface area contributed by atoms with Crippen molar-refractivity contribution in [2.75, 3.05) is 7.11 Å². The van der Waals surface area contributed by atoms with Crippen LogP contribution in [0, 0.1) is 5.92 Å². The van der Waals surface area contributed by atoms with Gasteiger partial charge in [-0.3, -0.25) is 0 Å². The van der Waals surface area contributed by atoms with Gasteiger partial charge in [0.15, 0.2) is 0 Å². The van der Waals surface area contributed by atoms with Gasteiger partial charge in [-0.05, 0) is 62.8 Å². The van der Waals surface area contributed by atoms with Crippen LogP contribution in [0.4, 0.5) is 0 Å². The molecule has 2 rings (SSSR count). The minimum atomic E-state index is -0.277. The summed E-state index contributed by atoms with van der Waals surface area (Å²) >= 11 is 0. The van der Waals surface area contributed by atoms with Crippen molar-refractivity contribution < 1.29 is 14.3 Å². The van der Waals surface area contributed by atoms with Crippen molar-refractivity contribution >= 4 is 11.5 Å². The molecule has 1 fully saturated rings. The summed E-state index contributed by atoms with van der Waals surface area (Å²) in [5.74, 6) is 1.01. The van der Waals surface area contributed by atoms with Gasteiger partial charge in [0.25, 0.3) is 0 Å². The topological polar surface area (TPSA) is 35.5 Å². The van der Waals surface area contributed by atoms with Gasteiger partial charge in [0.1, 0.15) is 11.4 Å². The third-order valence-corrected chi connectivity index (χ3v) is 4.13. The van der Waals surface area contributed by atoms with Gasteiger partial charge < -0.3 is 9.47 Å². The van der Waals surface area contributed by atoms with Gasteiger partial charge in [0, 0.05) is 6.08 Å². The summed E-state index contributed by atoms with van der Waals surface area (Å²) < 4.78 is 10.7. The summed E-state index contributed by atoms with van der Waals surface area (Å²) in [5, 5.41) is 0. The molecule has 0 aliphatic heterocycles. The first-order chi connectivity index (χ1) is 10.9. The second-order valence-electron chi connectivity index (χ2n) is 7.20. The van der Waals surface area contributed by atoms with Crippen LogP contribution in [0.3, 0.4) is 0 Å². The fourth-order valence-electron chi connectivity index (χ4n) is 3.11. The minimum absolute atomic E-state index is 0.213. The van der Waals surface area contributed by atoms with E-state index in [0.29, 0.717) is 5.92 Å². The van der Waals surface area contributed by atoms with E-state index in [4.69, 9.17) is 9.47 Å². The molecule has 0 spiro atoms. The van der Waals surface area contributed by atoms with E-state index in [1.165, 1.54) is 26.4 Å². The van der Waals surface area contributed by atoms with Crippen LogP contribution in [-0.4, -0.2) is 18.7 Å². The summed E-state index contributed by atoms with van der Waals surface area (Å²) in [4.78, 5) is 11.8. The number of hydrogen-bond donors (Lipinski definition) is 0. The number of esters is 1. The number of hydrogen-bond acceptors (Lipinski definition) is 3. The van der Waals surface area contributed by atoms with E-state index >= 15 is 0 Å². The first-order valence-corrected chi connectivity index (χ1v) is 8.48. The fraction of sp³-hybridized carbons (Fsp3) is 0.550.